The second-order valence-electron chi connectivity index (χ2n) is 8.14. The summed E-state index contributed by atoms with van der Waals surface area (Å²) in [7, 11) is 1.69. The highest BCUT2D eigenvalue weighted by Crippen LogP contribution is 2.44. The monoisotopic (exact) mass is 379 g/mol. The van der Waals surface area contributed by atoms with Gasteiger partial charge in [-0.2, -0.15) is 0 Å². The number of nitrogens with zero attached hydrogens (tertiary/aromatic N) is 1. The minimum Gasteiger partial charge on any atom is -0.496 e. The van der Waals surface area contributed by atoms with Crippen molar-refractivity contribution >= 4 is 49.7 Å². The van der Waals surface area contributed by atoms with Gasteiger partial charge in [-0.3, -0.25) is 0 Å². The topological polar surface area (TPSA) is 13.6 Å². The summed E-state index contributed by atoms with van der Waals surface area (Å²) in [5, 5.41) is 4.32. The van der Waals surface area contributed by atoms with E-state index in [1.807, 2.05) is 12.1 Å². The standard InChI is InChI=1S/C23H19ClFNO/c1-23(2,3)12-5-7-18-15(9-12)21-20(27-4)8-6-13-14-10-16(24)17(25)11-19(14)26(18)22(13)21/h5-11H,1-4H3. The number of rotatable bonds is 1. The summed E-state index contributed by atoms with van der Waals surface area (Å²) in [6.45, 7) is 6.61. The van der Waals surface area contributed by atoms with E-state index in [1.54, 1.807) is 13.2 Å². The molecule has 0 N–H and O–H groups in total. The van der Waals surface area contributed by atoms with E-state index in [4.69, 9.17) is 16.3 Å². The third-order valence-corrected chi connectivity index (χ3v) is 5.82. The molecule has 0 radical (unpaired) electrons. The van der Waals surface area contributed by atoms with Crippen LogP contribution >= 0.6 is 11.6 Å². The largest absolute Gasteiger partial charge is 0.496 e. The van der Waals surface area contributed by atoms with E-state index in [1.165, 1.54) is 11.6 Å². The van der Waals surface area contributed by atoms with E-state index in [-0.39, 0.29) is 10.4 Å². The molecular formula is C23H19ClFNO. The zero-order valence-electron chi connectivity index (χ0n) is 15.7. The Morgan fingerprint density at radius 1 is 0.926 bits per heavy atom. The number of fused-ring (bicyclic) bond motifs is 6. The van der Waals surface area contributed by atoms with E-state index in [0.29, 0.717) is 0 Å². The molecule has 0 aliphatic carbocycles. The van der Waals surface area contributed by atoms with Crippen LogP contribution in [-0.2, 0) is 5.41 Å². The summed E-state index contributed by atoms with van der Waals surface area (Å²) in [6, 6.07) is 13.8. The van der Waals surface area contributed by atoms with Crippen LogP contribution in [-0.4, -0.2) is 11.5 Å². The molecule has 5 aromatic rings. The summed E-state index contributed by atoms with van der Waals surface area (Å²) in [5.74, 6) is 0.416. The van der Waals surface area contributed by atoms with E-state index in [9.17, 15) is 4.39 Å². The Morgan fingerprint density at radius 2 is 1.70 bits per heavy atom. The fourth-order valence-electron chi connectivity index (χ4n) is 4.16. The molecule has 3 aromatic carbocycles. The van der Waals surface area contributed by atoms with Gasteiger partial charge >= 0.3 is 0 Å². The van der Waals surface area contributed by atoms with Gasteiger partial charge in [-0.15, -0.1) is 0 Å². The minimum absolute atomic E-state index is 0.0368. The Labute approximate surface area is 161 Å². The molecule has 0 aliphatic heterocycles. The highest BCUT2D eigenvalue weighted by molar-refractivity contribution is 6.33. The van der Waals surface area contributed by atoms with Crippen LogP contribution in [0.2, 0.25) is 5.02 Å². The van der Waals surface area contributed by atoms with Gasteiger partial charge in [0.05, 0.1) is 34.1 Å². The first-order chi connectivity index (χ1) is 12.8. The molecule has 5 rings (SSSR count). The van der Waals surface area contributed by atoms with Gasteiger partial charge in [0.2, 0.25) is 0 Å². The number of hydrogen-bond acceptors (Lipinski definition) is 1. The van der Waals surface area contributed by atoms with Gasteiger partial charge in [-0.25, -0.2) is 4.39 Å². The molecule has 0 spiro atoms. The van der Waals surface area contributed by atoms with Crippen molar-refractivity contribution in [3.8, 4) is 5.75 Å². The summed E-state index contributed by atoms with van der Waals surface area (Å²) in [6.07, 6.45) is 0. The molecule has 4 heteroatoms. The van der Waals surface area contributed by atoms with Gasteiger partial charge in [0, 0.05) is 22.2 Å². The smallest absolute Gasteiger partial charge is 0.143 e. The molecule has 0 bridgehead atoms. The molecule has 0 aliphatic rings. The minimum atomic E-state index is -0.406. The number of benzene rings is 3. The fraction of sp³-hybridized carbons (Fsp3) is 0.217. The molecule has 2 heterocycles. The predicted octanol–water partition coefficient (Wildman–Crippen LogP) is 6.94. The number of methoxy groups -OCH3 is 1. The molecule has 2 aromatic heterocycles. The molecule has 0 amide bonds. The maximum Gasteiger partial charge on any atom is 0.143 e. The quantitative estimate of drug-likeness (QED) is 0.307. The van der Waals surface area contributed by atoms with Crippen LogP contribution in [0.25, 0.3) is 38.1 Å². The first kappa shape index (κ1) is 16.6. The average Bonchev–Trinajstić information content (AvgIpc) is 3.12. The van der Waals surface area contributed by atoms with Crippen LogP contribution in [0, 0.1) is 5.82 Å². The van der Waals surface area contributed by atoms with Crippen molar-refractivity contribution in [1.29, 1.82) is 0 Å². The molecule has 27 heavy (non-hydrogen) atoms. The Balaban J connectivity index is 2.09. The number of aromatic nitrogens is 1. The Kier molecular flexibility index (Phi) is 3.24. The summed E-state index contributed by atoms with van der Waals surface area (Å²) in [5.41, 5.74) is 4.21. The highest BCUT2D eigenvalue weighted by Gasteiger charge is 2.23. The van der Waals surface area contributed by atoms with Crippen LogP contribution in [0.15, 0.2) is 42.5 Å². The summed E-state index contributed by atoms with van der Waals surface area (Å²) in [4.78, 5) is 0. The van der Waals surface area contributed by atoms with Gasteiger partial charge in [0.15, 0.2) is 0 Å². The first-order valence-electron chi connectivity index (χ1n) is 8.96. The SMILES string of the molecule is COc1ccc2c3cc(Cl)c(F)cc3n3c4ccc(C(C)(C)C)cc4c1c23. The lowest BCUT2D eigenvalue weighted by Crippen LogP contribution is -2.10. The van der Waals surface area contributed by atoms with Gasteiger partial charge in [-0.05, 0) is 41.3 Å². The second kappa shape index (κ2) is 5.26. The average molecular weight is 380 g/mol. The van der Waals surface area contributed by atoms with Crippen molar-refractivity contribution in [1.82, 2.24) is 4.40 Å². The number of hydrogen-bond donors (Lipinski definition) is 0. The van der Waals surface area contributed by atoms with Gasteiger partial charge in [0.25, 0.3) is 0 Å². The molecule has 136 valence electrons. The van der Waals surface area contributed by atoms with E-state index in [2.05, 4.69) is 43.4 Å². The van der Waals surface area contributed by atoms with Gasteiger partial charge < -0.3 is 9.14 Å². The fourth-order valence-corrected chi connectivity index (χ4v) is 4.32. The molecule has 2 nitrogen and oxygen atoms in total. The maximum absolute atomic E-state index is 14.3. The van der Waals surface area contributed by atoms with Gasteiger partial charge in [-0.1, -0.05) is 38.4 Å². The van der Waals surface area contributed by atoms with Crippen LogP contribution in [0.5, 0.6) is 5.75 Å². The van der Waals surface area contributed by atoms with E-state index >= 15 is 0 Å². The van der Waals surface area contributed by atoms with Crippen LogP contribution in [0.1, 0.15) is 26.3 Å². The van der Waals surface area contributed by atoms with Crippen LogP contribution < -0.4 is 4.74 Å². The lowest BCUT2D eigenvalue weighted by Gasteiger charge is -2.19. The zero-order chi connectivity index (χ0) is 19.1. The van der Waals surface area contributed by atoms with Crippen molar-refractivity contribution in [2.75, 3.05) is 7.11 Å². The lowest BCUT2D eigenvalue weighted by molar-refractivity contribution is 0.420. The third kappa shape index (κ3) is 2.12. The Morgan fingerprint density at radius 3 is 2.41 bits per heavy atom. The molecule has 0 saturated carbocycles. The number of ether oxygens (including phenoxy) is 1. The van der Waals surface area contributed by atoms with Crippen molar-refractivity contribution < 1.29 is 9.13 Å². The van der Waals surface area contributed by atoms with E-state index in [0.717, 1.165) is 43.8 Å². The van der Waals surface area contributed by atoms with Crippen LogP contribution in [0.4, 0.5) is 4.39 Å². The lowest BCUT2D eigenvalue weighted by atomic mass is 9.86. The molecule has 0 fully saturated rings. The number of halogens is 2. The normalized spacial score (nSPS) is 12.8. The van der Waals surface area contributed by atoms with Crippen molar-refractivity contribution in [2.24, 2.45) is 0 Å². The third-order valence-electron chi connectivity index (χ3n) is 5.53. The molecular weight excluding hydrogens is 361 g/mol. The second-order valence-corrected chi connectivity index (χ2v) is 8.55. The first-order valence-corrected chi connectivity index (χ1v) is 9.34. The predicted molar refractivity (Wildman–Crippen MR) is 111 cm³/mol. The Hall–Kier alpha value is -2.52. The molecule has 0 saturated heterocycles. The Bertz CT molecular complexity index is 1360. The maximum atomic E-state index is 14.3. The molecule has 0 atom stereocenters. The molecule has 0 unspecified atom stereocenters. The zero-order valence-corrected chi connectivity index (χ0v) is 16.4. The highest BCUT2D eigenvalue weighted by atomic mass is 35.5. The van der Waals surface area contributed by atoms with E-state index < -0.39 is 5.82 Å². The summed E-state index contributed by atoms with van der Waals surface area (Å²) < 4.78 is 22.1. The summed E-state index contributed by atoms with van der Waals surface area (Å²) >= 11 is 6.08. The van der Waals surface area contributed by atoms with Crippen molar-refractivity contribution in [3.05, 3.63) is 58.9 Å². The van der Waals surface area contributed by atoms with Crippen molar-refractivity contribution in [2.45, 2.75) is 26.2 Å². The van der Waals surface area contributed by atoms with Crippen molar-refractivity contribution in [3.63, 3.8) is 0 Å². The van der Waals surface area contributed by atoms with Crippen LogP contribution in [0.3, 0.4) is 0 Å². The van der Waals surface area contributed by atoms with Gasteiger partial charge in [0.1, 0.15) is 11.6 Å².